The predicted octanol–water partition coefficient (Wildman–Crippen LogP) is 1.51. The van der Waals surface area contributed by atoms with Gasteiger partial charge in [0.15, 0.2) is 11.6 Å². The highest BCUT2D eigenvalue weighted by atomic mass is 19.2. The molecule has 0 heterocycles. The summed E-state index contributed by atoms with van der Waals surface area (Å²) in [7, 11) is 0. The monoisotopic (exact) mass is 185 g/mol. The van der Waals surface area contributed by atoms with Gasteiger partial charge in [0.2, 0.25) is 6.08 Å². The first-order valence-electron chi connectivity index (χ1n) is 3.35. The first-order valence-corrected chi connectivity index (χ1v) is 3.35. The quantitative estimate of drug-likeness (QED) is 0.560. The first-order chi connectivity index (χ1) is 6.15. The van der Waals surface area contributed by atoms with Gasteiger partial charge in [0.05, 0.1) is 6.54 Å². The van der Waals surface area contributed by atoms with Crippen molar-refractivity contribution in [3.63, 3.8) is 0 Å². The van der Waals surface area contributed by atoms with E-state index in [1.807, 2.05) is 0 Å². The zero-order valence-electron chi connectivity index (χ0n) is 6.42. The Bertz CT molecular complexity index is 373. The van der Waals surface area contributed by atoms with Crippen molar-refractivity contribution in [3.05, 3.63) is 29.3 Å². The van der Waals surface area contributed by atoms with Crippen LogP contribution in [0.2, 0.25) is 0 Å². The van der Waals surface area contributed by atoms with Gasteiger partial charge in [-0.05, 0) is 6.07 Å². The fourth-order valence-corrected chi connectivity index (χ4v) is 0.822. The van der Waals surface area contributed by atoms with Gasteiger partial charge in [-0.1, -0.05) is 0 Å². The van der Waals surface area contributed by atoms with E-state index in [1.165, 1.54) is 6.08 Å². The molecule has 0 spiro atoms. The van der Waals surface area contributed by atoms with Gasteiger partial charge in [0, 0.05) is 11.6 Å². The lowest BCUT2D eigenvalue weighted by atomic mass is 10.2. The number of aromatic hydroxyl groups is 1. The van der Waals surface area contributed by atoms with Gasteiger partial charge in [0.25, 0.3) is 0 Å². The van der Waals surface area contributed by atoms with Gasteiger partial charge < -0.3 is 5.11 Å². The number of nitrogens with zero attached hydrogens (tertiary/aromatic N) is 1. The lowest BCUT2D eigenvalue weighted by Crippen LogP contribution is -1.89. The number of carbonyl (C=O) groups excluding carboxylic acids is 1. The smallest absolute Gasteiger partial charge is 0.235 e. The molecule has 0 fully saturated rings. The topological polar surface area (TPSA) is 49.7 Å². The predicted molar refractivity (Wildman–Crippen MR) is 39.8 cm³/mol. The third kappa shape index (κ3) is 2.10. The molecule has 0 radical (unpaired) electrons. The molecule has 0 aliphatic heterocycles. The van der Waals surface area contributed by atoms with Gasteiger partial charge >= 0.3 is 0 Å². The maximum atomic E-state index is 12.6. The maximum Gasteiger partial charge on any atom is 0.235 e. The van der Waals surface area contributed by atoms with Crippen molar-refractivity contribution in [2.75, 3.05) is 0 Å². The Morgan fingerprint density at radius 1 is 1.38 bits per heavy atom. The first kappa shape index (κ1) is 9.35. The Balaban J connectivity index is 3.07. The molecule has 0 aliphatic rings. The standard InChI is InChI=1S/C8H5F2NO2/c9-6-1-5(3-11-4-12)8(13)2-7(6)10/h1-2,13H,3H2. The lowest BCUT2D eigenvalue weighted by Gasteiger charge is -2.00. The molecule has 13 heavy (non-hydrogen) atoms. The highest BCUT2D eigenvalue weighted by molar-refractivity contribution is 5.37. The number of phenolic OH excluding ortho intramolecular Hbond substituents is 1. The molecule has 1 N–H and O–H groups in total. The third-order valence-electron chi connectivity index (χ3n) is 1.44. The normalized spacial score (nSPS) is 9.38. The molecule has 0 atom stereocenters. The molecule has 3 nitrogen and oxygen atoms in total. The Labute approximate surface area is 72.3 Å². The second-order valence-electron chi connectivity index (χ2n) is 2.30. The van der Waals surface area contributed by atoms with Gasteiger partial charge in [-0.25, -0.2) is 18.6 Å². The van der Waals surface area contributed by atoms with Crippen LogP contribution in [0.5, 0.6) is 5.75 Å². The fourth-order valence-electron chi connectivity index (χ4n) is 0.822. The van der Waals surface area contributed by atoms with Crippen molar-refractivity contribution in [1.29, 1.82) is 0 Å². The number of phenols is 1. The highest BCUT2D eigenvalue weighted by Crippen LogP contribution is 2.21. The molecule has 0 unspecified atom stereocenters. The minimum absolute atomic E-state index is 0.0438. The summed E-state index contributed by atoms with van der Waals surface area (Å²) in [5.41, 5.74) is 0.0438. The van der Waals surface area contributed by atoms with E-state index in [4.69, 9.17) is 5.11 Å². The number of benzene rings is 1. The van der Waals surface area contributed by atoms with E-state index in [-0.39, 0.29) is 12.1 Å². The van der Waals surface area contributed by atoms with Gasteiger partial charge in [-0.2, -0.15) is 0 Å². The van der Waals surface area contributed by atoms with Crippen LogP contribution >= 0.6 is 0 Å². The average Bonchev–Trinajstić information content (AvgIpc) is 2.09. The Morgan fingerprint density at radius 3 is 2.62 bits per heavy atom. The van der Waals surface area contributed by atoms with E-state index >= 15 is 0 Å². The van der Waals surface area contributed by atoms with E-state index in [9.17, 15) is 13.6 Å². The maximum absolute atomic E-state index is 12.6. The van der Waals surface area contributed by atoms with Crippen LogP contribution in [0.15, 0.2) is 17.1 Å². The van der Waals surface area contributed by atoms with Crippen LogP contribution in [0, 0.1) is 11.6 Å². The molecule has 0 amide bonds. The zero-order valence-corrected chi connectivity index (χ0v) is 6.42. The summed E-state index contributed by atoms with van der Waals surface area (Å²) in [6.45, 7) is -0.216. The van der Waals surface area contributed by atoms with Crippen molar-refractivity contribution in [1.82, 2.24) is 0 Å². The number of aliphatic imine (C=N–C) groups is 1. The van der Waals surface area contributed by atoms with Crippen LogP contribution in [0.3, 0.4) is 0 Å². The minimum atomic E-state index is -1.14. The van der Waals surface area contributed by atoms with E-state index in [2.05, 4.69) is 4.99 Å². The SMILES string of the molecule is O=C=NCc1cc(F)c(F)cc1O. The number of hydrogen-bond acceptors (Lipinski definition) is 3. The number of isocyanates is 1. The summed E-state index contributed by atoms with van der Waals surface area (Å²) in [6.07, 6.45) is 1.23. The van der Waals surface area contributed by atoms with Crippen molar-refractivity contribution in [2.45, 2.75) is 6.54 Å². The number of halogens is 2. The molecule has 5 heteroatoms. The van der Waals surface area contributed by atoms with Crippen molar-refractivity contribution >= 4 is 6.08 Å². The molecule has 0 aromatic heterocycles. The number of hydrogen-bond donors (Lipinski definition) is 1. The zero-order chi connectivity index (χ0) is 9.84. The van der Waals surface area contributed by atoms with Crippen LogP contribution in [0.25, 0.3) is 0 Å². The molecule has 1 aromatic rings. The largest absolute Gasteiger partial charge is 0.507 e. The minimum Gasteiger partial charge on any atom is -0.507 e. The van der Waals surface area contributed by atoms with Crippen molar-refractivity contribution in [2.24, 2.45) is 4.99 Å². The van der Waals surface area contributed by atoms with Crippen molar-refractivity contribution < 1.29 is 18.7 Å². The average molecular weight is 185 g/mol. The Morgan fingerprint density at radius 2 is 2.00 bits per heavy atom. The molecule has 0 saturated carbocycles. The van der Waals surface area contributed by atoms with Gasteiger partial charge in [0.1, 0.15) is 5.75 Å². The molecular weight excluding hydrogens is 180 g/mol. The van der Waals surface area contributed by atoms with E-state index in [1.54, 1.807) is 0 Å². The van der Waals surface area contributed by atoms with Crippen LogP contribution in [0.4, 0.5) is 8.78 Å². The van der Waals surface area contributed by atoms with Crippen LogP contribution in [-0.2, 0) is 11.3 Å². The molecule has 0 saturated heterocycles. The molecule has 1 rings (SSSR count). The summed E-state index contributed by atoms with van der Waals surface area (Å²) in [4.78, 5) is 12.8. The molecule has 0 bridgehead atoms. The molecule has 68 valence electrons. The molecular formula is C8H5F2NO2. The fraction of sp³-hybridized carbons (Fsp3) is 0.125. The second-order valence-corrected chi connectivity index (χ2v) is 2.30. The van der Waals surface area contributed by atoms with E-state index in [0.29, 0.717) is 6.07 Å². The summed E-state index contributed by atoms with van der Waals surface area (Å²) < 4.78 is 25.0. The summed E-state index contributed by atoms with van der Waals surface area (Å²) in [6, 6.07) is 1.41. The van der Waals surface area contributed by atoms with E-state index in [0.717, 1.165) is 6.07 Å². The van der Waals surface area contributed by atoms with Gasteiger partial charge in [-0.15, -0.1) is 0 Å². The summed E-state index contributed by atoms with van der Waals surface area (Å²) in [5, 5.41) is 9.05. The summed E-state index contributed by atoms with van der Waals surface area (Å²) in [5.74, 6) is -2.66. The molecule has 0 aliphatic carbocycles. The Hall–Kier alpha value is -1.74. The second kappa shape index (κ2) is 3.78. The van der Waals surface area contributed by atoms with Crippen LogP contribution in [0.1, 0.15) is 5.56 Å². The third-order valence-corrected chi connectivity index (χ3v) is 1.44. The van der Waals surface area contributed by atoms with Crippen LogP contribution in [-0.4, -0.2) is 11.2 Å². The number of rotatable bonds is 2. The van der Waals surface area contributed by atoms with Gasteiger partial charge in [-0.3, -0.25) is 0 Å². The highest BCUT2D eigenvalue weighted by Gasteiger charge is 2.07. The van der Waals surface area contributed by atoms with Crippen LogP contribution < -0.4 is 0 Å². The summed E-state index contributed by atoms with van der Waals surface area (Å²) >= 11 is 0. The van der Waals surface area contributed by atoms with Crippen molar-refractivity contribution in [3.8, 4) is 5.75 Å². The molecule has 1 aromatic carbocycles. The van der Waals surface area contributed by atoms with E-state index < -0.39 is 17.4 Å². The lowest BCUT2D eigenvalue weighted by molar-refractivity contribution is 0.447. The Kier molecular flexibility index (Phi) is 2.72.